The van der Waals surface area contributed by atoms with Crippen molar-refractivity contribution in [1.29, 1.82) is 0 Å². The summed E-state index contributed by atoms with van der Waals surface area (Å²) in [6.45, 7) is 3.31. The molecule has 0 fully saturated rings. The first-order valence-electron chi connectivity index (χ1n) is 3.34. The molecule has 1 rings (SSSR count). The summed E-state index contributed by atoms with van der Waals surface area (Å²) >= 11 is 0. The fourth-order valence-electron chi connectivity index (χ4n) is 0.892. The molecule has 2 nitrogen and oxygen atoms in total. The van der Waals surface area contributed by atoms with E-state index < -0.39 is 0 Å². The highest BCUT2D eigenvalue weighted by atomic mass is 79.9. The number of rotatable bonds is 2. The molecule has 58 valence electrons. The molecule has 0 saturated heterocycles. The van der Waals surface area contributed by atoms with Gasteiger partial charge in [-0.25, -0.2) is 9.13 Å². The number of imidazole rings is 1. The van der Waals surface area contributed by atoms with E-state index in [4.69, 9.17) is 0 Å². The number of aromatic nitrogens is 2. The van der Waals surface area contributed by atoms with Crippen LogP contribution in [-0.2, 0) is 13.6 Å². The van der Waals surface area contributed by atoms with E-state index in [2.05, 4.69) is 34.8 Å². The van der Waals surface area contributed by atoms with Crippen LogP contribution in [0.1, 0.15) is 13.3 Å². The summed E-state index contributed by atoms with van der Waals surface area (Å²) in [5.74, 6) is 0. The SMILES string of the molecule is CCCn1cc[n+](C)c1.[Br-]. The molecule has 0 N–H and O–H groups in total. The van der Waals surface area contributed by atoms with Gasteiger partial charge < -0.3 is 17.0 Å². The third-order valence-electron chi connectivity index (χ3n) is 1.31. The molecule has 0 saturated carbocycles. The summed E-state index contributed by atoms with van der Waals surface area (Å²) in [6.07, 6.45) is 7.43. The van der Waals surface area contributed by atoms with Crippen LogP contribution in [0.4, 0.5) is 0 Å². The summed E-state index contributed by atoms with van der Waals surface area (Å²) in [6, 6.07) is 0. The van der Waals surface area contributed by atoms with Crippen LogP contribution in [0.5, 0.6) is 0 Å². The van der Waals surface area contributed by atoms with Crippen LogP contribution >= 0.6 is 0 Å². The zero-order valence-electron chi connectivity index (χ0n) is 6.42. The lowest BCUT2D eigenvalue weighted by Gasteiger charge is -1.86. The molecule has 1 heterocycles. The average molecular weight is 205 g/mol. The minimum absolute atomic E-state index is 0. The topological polar surface area (TPSA) is 8.81 Å². The summed E-state index contributed by atoms with van der Waals surface area (Å²) in [5, 5.41) is 0. The Morgan fingerprint density at radius 3 is 2.60 bits per heavy atom. The lowest BCUT2D eigenvalue weighted by atomic mass is 10.5. The molecule has 0 aliphatic carbocycles. The fourth-order valence-corrected chi connectivity index (χ4v) is 0.892. The molecule has 0 spiro atoms. The van der Waals surface area contributed by atoms with Gasteiger partial charge in [-0.15, -0.1) is 0 Å². The van der Waals surface area contributed by atoms with Gasteiger partial charge in [0, 0.05) is 0 Å². The largest absolute Gasteiger partial charge is 1.00 e. The quantitative estimate of drug-likeness (QED) is 0.481. The fraction of sp³-hybridized carbons (Fsp3) is 0.571. The number of hydrogen-bond acceptors (Lipinski definition) is 0. The van der Waals surface area contributed by atoms with Crippen LogP contribution in [0.25, 0.3) is 0 Å². The van der Waals surface area contributed by atoms with Gasteiger partial charge in [-0.05, 0) is 6.42 Å². The summed E-state index contributed by atoms with van der Waals surface area (Å²) < 4.78 is 4.23. The van der Waals surface area contributed by atoms with Crippen molar-refractivity contribution in [1.82, 2.24) is 4.57 Å². The van der Waals surface area contributed by atoms with E-state index in [-0.39, 0.29) is 17.0 Å². The zero-order chi connectivity index (χ0) is 6.69. The second-order valence-electron chi connectivity index (χ2n) is 2.32. The Balaban J connectivity index is 0.000000810. The van der Waals surface area contributed by atoms with Crippen LogP contribution in [0.3, 0.4) is 0 Å². The molecule has 0 aliphatic heterocycles. The van der Waals surface area contributed by atoms with E-state index in [0.29, 0.717) is 0 Å². The lowest BCUT2D eigenvalue weighted by molar-refractivity contribution is -0.671. The maximum absolute atomic E-state index is 2.18. The number of halogens is 1. The van der Waals surface area contributed by atoms with Gasteiger partial charge in [-0.1, -0.05) is 6.92 Å². The Morgan fingerprint density at radius 1 is 1.50 bits per heavy atom. The Morgan fingerprint density at radius 2 is 2.20 bits per heavy atom. The van der Waals surface area contributed by atoms with Gasteiger partial charge in [-0.3, -0.25) is 0 Å². The molecular weight excluding hydrogens is 192 g/mol. The van der Waals surface area contributed by atoms with Crippen LogP contribution in [0.15, 0.2) is 18.7 Å². The van der Waals surface area contributed by atoms with Gasteiger partial charge in [0.25, 0.3) is 0 Å². The Kier molecular flexibility index (Phi) is 4.36. The van der Waals surface area contributed by atoms with Crippen molar-refractivity contribution in [3.05, 3.63) is 18.7 Å². The number of hydrogen-bond donors (Lipinski definition) is 0. The summed E-state index contributed by atoms with van der Waals surface area (Å²) in [4.78, 5) is 0. The van der Waals surface area contributed by atoms with Gasteiger partial charge in [0.1, 0.15) is 12.4 Å². The van der Waals surface area contributed by atoms with Crippen molar-refractivity contribution >= 4 is 0 Å². The molecule has 1 aromatic rings. The van der Waals surface area contributed by atoms with Crippen molar-refractivity contribution < 1.29 is 21.5 Å². The van der Waals surface area contributed by atoms with E-state index in [1.807, 2.05) is 7.05 Å². The standard InChI is InChI=1S/C7H13N2.BrH/c1-3-4-9-6-5-8(2)7-9;/h5-7H,3-4H2,1-2H3;1H/q+1;/p-1. The normalized spacial score (nSPS) is 9.00. The average Bonchev–Trinajstić information content (AvgIpc) is 2.17. The van der Waals surface area contributed by atoms with Gasteiger partial charge in [0.15, 0.2) is 0 Å². The Bertz CT molecular complexity index is 183. The van der Waals surface area contributed by atoms with E-state index in [1.165, 1.54) is 6.42 Å². The summed E-state index contributed by atoms with van der Waals surface area (Å²) in [7, 11) is 2.03. The maximum atomic E-state index is 2.18. The molecule has 0 aromatic carbocycles. The van der Waals surface area contributed by atoms with Crippen LogP contribution in [0.2, 0.25) is 0 Å². The van der Waals surface area contributed by atoms with E-state index >= 15 is 0 Å². The van der Waals surface area contributed by atoms with E-state index in [9.17, 15) is 0 Å². The predicted molar refractivity (Wildman–Crippen MR) is 35.9 cm³/mol. The first-order valence-corrected chi connectivity index (χ1v) is 3.34. The predicted octanol–water partition coefficient (Wildman–Crippen LogP) is -2.27. The highest BCUT2D eigenvalue weighted by Gasteiger charge is 1.94. The Labute approximate surface area is 72.3 Å². The maximum Gasteiger partial charge on any atom is 0.243 e. The third kappa shape index (κ3) is 2.52. The molecule has 0 atom stereocenters. The van der Waals surface area contributed by atoms with Crippen LogP contribution in [-0.4, -0.2) is 4.57 Å². The van der Waals surface area contributed by atoms with Gasteiger partial charge >= 0.3 is 0 Å². The number of nitrogens with zero attached hydrogens (tertiary/aromatic N) is 2. The van der Waals surface area contributed by atoms with Crippen LogP contribution in [0, 0.1) is 0 Å². The highest BCUT2D eigenvalue weighted by molar-refractivity contribution is 4.64. The van der Waals surface area contributed by atoms with E-state index in [1.54, 1.807) is 0 Å². The van der Waals surface area contributed by atoms with Gasteiger partial charge in [0.05, 0.1) is 13.6 Å². The Hall–Kier alpha value is -0.310. The van der Waals surface area contributed by atoms with E-state index in [0.717, 1.165) is 6.54 Å². The lowest BCUT2D eigenvalue weighted by Crippen LogP contribution is -3.00. The minimum atomic E-state index is 0. The first-order chi connectivity index (χ1) is 4.33. The van der Waals surface area contributed by atoms with Crippen molar-refractivity contribution in [3.8, 4) is 0 Å². The molecule has 1 aromatic heterocycles. The first kappa shape index (κ1) is 9.69. The van der Waals surface area contributed by atoms with Crippen molar-refractivity contribution in [2.24, 2.45) is 7.05 Å². The van der Waals surface area contributed by atoms with Crippen molar-refractivity contribution in [2.45, 2.75) is 19.9 Å². The molecular formula is C7H13BrN2. The molecule has 0 bridgehead atoms. The van der Waals surface area contributed by atoms with Gasteiger partial charge in [-0.2, -0.15) is 0 Å². The second kappa shape index (κ2) is 4.50. The molecule has 10 heavy (non-hydrogen) atoms. The molecule has 0 unspecified atom stereocenters. The molecule has 0 aliphatic rings. The van der Waals surface area contributed by atoms with Crippen molar-refractivity contribution in [3.63, 3.8) is 0 Å². The highest BCUT2D eigenvalue weighted by Crippen LogP contribution is 1.85. The molecule has 0 amide bonds. The van der Waals surface area contributed by atoms with Gasteiger partial charge in [0.2, 0.25) is 6.33 Å². The zero-order valence-corrected chi connectivity index (χ0v) is 8.00. The third-order valence-corrected chi connectivity index (χ3v) is 1.31. The smallest absolute Gasteiger partial charge is 0.243 e. The molecule has 3 heteroatoms. The molecule has 0 radical (unpaired) electrons. The monoisotopic (exact) mass is 204 g/mol. The second-order valence-corrected chi connectivity index (χ2v) is 2.32. The van der Waals surface area contributed by atoms with Crippen LogP contribution < -0.4 is 21.5 Å². The minimum Gasteiger partial charge on any atom is -1.00 e. The number of aryl methyl sites for hydroxylation is 2. The van der Waals surface area contributed by atoms with Crippen molar-refractivity contribution in [2.75, 3.05) is 0 Å². The summed E-state index contributed by atoms with van der Waals surface area (Å²) in [5.41, 5.74) is 0.